The third-order valence-electron chi connectivity index (χ3n) is 2.33. The topological polar surface area (TPSA) is 133 Å². The Labute approximate surface area is 110 Å². The zero-order valence-corrected chi connectivity index (χ0v) is 11.0. The summed E-state index contributed by atoms with van der Waals surface area (Å²) in [5, 5.41) is 29.7. The predicted octanol–water partition coefficient (Wildman–Crippen LogP) is -1.50. The van der Waals surface area contributed by atoms with Gasteiger partial charge in [0.2, 0.25) is 0 Å². The second-order valence-corrected chi connectivity index (χ2v) is 4.21. The van der Waals surface area contributed by atoms with Gasteiger partial charge in [0.25, 0.3) is 5.91 Å². The lowest BCUT2D eigenvalue weighted by Gasteiger charge is -2.21. The van der Waals surface area contributed by atoms with E-state index in [9.17, 15) is 24.6 Å². The van der Waals surface area contributed by atoms with Crippen LogP contribution >= 0.6 is 0 Å². The second-order valence-electron chi connectivity index (χ2n) is 4.21. The zero-order chi connectivity index (χ0) is 15.2. The summed E-state index contributed by atoms with van der Waals surface area (Å²) in [5.74, 6) is -4.00. The lowest BCUT2D eigenvalue weighted by atomic mass is 10.0. The molecule has 0 fully saturated rings. The van der Waals surface area contributed by atoms with Gasteiger partial charge in [-0.25, -0.2) is 9.59 Å². The van der Waals surface area contributed by atoms with Crippen molar-refractivity contribution in [3.63, 3.8) is 0 Å². The Morgan fingerprint density at radius 3 is 2.05 bits per heavy atom. The van der Waals surface area contributed by atoms with Gasteiger partial charge in [0.05, 0.1) is 6.61 Å². The van der Waals surface area contributed by atoms with Crippen LogP contribution in [0.5, 0.6) is 0 Å². The SMILES string of the molecule is CCOC(=O)C(O)C(O)C(=O)NC(C(=O)O)C(C)C. The van der Waals surface area contributed by atoms with Gasteiger partial charge in [0.1, 0.15) is 6.04 Å². The zero-order valence-electron chi connectivity index (χ0n) is 11.0. The molecule has 0 aromatic carbocycles. The van der Waals surface area contributed by atoms with Gasteiger partial charge in [0.15, 0.2) is 12.2 Å². The Bertz CT molecular complexity index is 342. The summed E-state index contributed by atoms with van der Waals surface area (Å²) in [7, 11) is 0. The third-order valence-corrected chi connectivity index (χ3v) is 2.33. The first-order valence-electron chi connectivity index (χ1n) is 5.78. The van der Waals surface area contributed by atoms with Crippen LogP contribution in [0.15, 0.2) is 0 Å². The molecule has 0 radical (unpaired) electrons. The lowest BCUT2D eigenvalue weighted by molar-refractivity contribution is -0.163. The van der Waals surface area contributed by atoms with E-state index in [0.29, 0.717) is 0 Å². The summed E-state index contributed by atoms with van der Waals surface area (Å²) in [6, 6.07) is -1.23. The highest BCUT2D eigenvalue weighted by Gasteiger charge is 2.34. The molecule has 0 aliphatic heterocycles. The summed E-state index contributed by atoms with van der Waals surface area (Å²) in [6.07, 6.45) is -4.14. The molecule has 8 nitrogen and oxygen atoms in total. The number of nitrogens with one attached hydrogen (secondary N) is 1. The van der Waals surface area contributed by atoms with Gasteiger partial charge in [-0.05, 0) is 12.8 Å². The van der Waals surface area contributed by atoms with Crippen LogP contribution in [0.25, 0.3) is 0 Å². The molecule has 0 saturated carbocycles. The summed E-state index contributed by atoms with van der Waals surface area (Å²) in [5.41, 5.74) is 0. The molecule has 110 valence electrons. The summed E-state index contributed by atoms with van der Waals surface area (Å²) in [4.78, 5) is 33.5. The Hall–Kier alpha value is -1.67. The van der Waals surface area contributed by atoms with Crippen LogP contribution in [0, 0.1) is 5.92 Å². The van der Waals surface area contributed by atoms with Crippen molar-refractivity contribution in [3.05, 3.63) is 0 Å². The van der Waals surface area contributed by atoms with Gasteiger partial charge < -0.3 is 25.4 Å². The molecular weight excluding hydrogens is 258 g/mol. The van der Waals surface area contributed by atoms with Crippen LogP contribution < -0.4 is 5.32 Å². The van der Waals surface area contributed by atoms with Gasteiger partial charge in [-0.1, -0.05) is 13.8 Å². The number of esters is 1. The first-order chi connectivity index (χ1) is 8.72. The highest BCUT2D eigenvalue weighted by molar-refractivity contribution is 5.91. The van der Waals surface area contributed by atoms with Gasteiger partial charge in [-0.2, -0.15) is 0 Å². The molecule has 0 bridgehead atoms. The number of carboxylic acid groups (broad SMARTS) is 1. The van der Waals surface area contributed by atoms with Crippen LogP contribution in [-0.4, -0.2) is 58.0 Å². The normalized spacial score (nSPS) is 15.5. The van der Waals surface area contributed by atoms with Crippen molar-refractivity contribution in [2.45, 2.75) is 39.0 Å². The van der Waals surface area contributed by atoms with E-state index < -0.39 is 42.0 Å². The first kappa shape index (κ1) is 17.3. The molecular formula is C11H19NO7. The number of carboxylic acids is 1. The van der Waals surface area contributed by atoms with Crippen molar-refractivity contribution >= 4 is 17.8 Å². The lowest BCUT2D eigenvalue weighted by Crippen LogP contribution is -2.52. The minimum Gasteiger partial charge on any atom is -0.480 e. The van der Waals surface area contributed by atoms with Crippen molar-refractivity contribution < 1.29 is 34.4 Å². The van der Waals surface area contributed by atoms with E-state index in [1.54, 1.807) is 13.8 Å². The minimum atomic E-state index is -2.08. The fourth-order valence-corrected chi connectivity index (χ4v) is 1.25. The number of amides is 1. The maximum Gasteiger partial charge on any atom is 0.338 e. The van der Waals surface area contributed by atoms with E-state index in [2.05, 4.69) is 4.74 Å². The Balaban J connectivity index is 4.64. The fraction of sp³-hybridized carbons (Fsp3) is 0.727. The van der Waals surface area contributed by atoms with E-state index in [1.165, 1.54) is 6.92 Å². The molecule has 19 heavy (non-hydrogen) atoms. The number of carbonyl (C=O) groups excluding carboxylic acids is 2. The summed E-state index contributed by atoms with van der Waals surface area (Å²) >= 11 is 0. The molecule has 3 atom stereocenters. The molecule has 0 saturated heterocycles. The second kappa shape index (κ2) is 7.70. The molecule has 0 aromatic rings. The van der Waals surface area contributed by atoms with Gasteiger partial charge >= 0.3 is 11.9 Å². The quantitative estimate of drug-likeness (QED) is 0.416. The maximum atomic E-state index is 11.5. The molecule has 1 amide bonds. The van der Waals surface area contributed by atoms with Gasteiger partial charge in [-0.3, -0.25) is 4.79 Å². The van der Waals surface area contributed by atoms with E-state index >= 15 is 0 Å². The van der Waals surface area contributed by atoms with Crippen LogP contribution in [0.1, 0.15) is 20.8 Å². The van der Waals surface area contributed by atoms with Crippen molar-refractivity contribution in [1.29, 1.82) is 0 Å². The molecule has 3 unspecified atom stereocenters. The number of rotatable bonds is 7. The van der Waals surface area contributed by atoms with Crippen LogP contribution in [0.4, 0.5) is 0 Å². The average molecular weight is 277 g/mol. The van der Waals surface area contributed by atoms with Crippen LogP contribution in [0.3, 0.4) is 0 Å². The number of aliphatic hydroxyl groups excluding tert-OH is 2. The number of ether oxygens (including phenoxy) is 1. The monoisotopic (exact) mass is 277 g/mol. The molecule has 0 rings (SSSR count). The van der Waals surface area contributed by atoms with Crippen LogP contribution in [-0.2, 0) is 19.1 Å². The van der Waals surface area contributed by atoms with Gasteiger partial charge in [0, 0.05) is 0 Å². The van der Waals surface area contributed by atoms with Crippen molar-refractivity contribution in [1.82, 2.24) is 5.32 Å². The first-order valence-corrected chi connectivity index (χ1v) is 5.78. The largest absolute Gasteiger partial charge is 0.480 e. The van der Waals surface area contributed by atoms with Crippen molar-refractivity contribution in [2.24, 2.45) is 5.92 Å². The van der Waals surface area contributed by atoms with Crippen molar-refractivity contribution in [2.75, 3.05) is 6.61 Å². The fourth-order valence-electron chi connectivity index (χ4n) is 1.25. The van der Waals surface area contributed by atoms with E-state index in [1.807, 2.05) is 5.32 Å². The van der Waals surface area contributed by atoms with Gasteiger partial charge in [-0.15, -0.1) is 0 Å². The maximum absolute atomic E-state index is 11.5. The highest BCUT2D eigenvalue weighted by Crippen LogP contribution is 2.04. The third kappa shape index (κ3) is 5.23. The van der Waals surface area contributed by atoms with E-state index in [0.717, 1.165) is 0 Å². The number of aliphatic hydroxyl groups is 2. The molecule has 0 spiro atoms. The smallest absolute Gasteiger partial charge is 0.338 e. The average Bonchev–Trinajstić information content (AvgIpc) is 2.33. The predicted molar refractivity (Wildman–Crippen MR) is 63.1 cm³/mol. The molecule has 0 aromatic heterocycles. The Kier molecular flexibility index (Phi) is 7.02. The number of hydrogen-bond donors (Lipinski definition) is 4. The molecule has 0 heterocycles. The van der Waals surface area contributed by atoms with Crippen LogP contribution in [0.2, 0.25) is 0 Å². The molecule has 0 aliphatic carbocycles. The molecule has 4 N–H and O–H groups in total. The Morgan fingerprint density at radius 1 is 1.16 bits per heavy atom. The number of aliphatic carboxylic acids is 1. The molecule has 0 aliphatic rings. The van der Waals surface area contributed by atoms with E-state index in [4.69, 9.17) is 5.11 Å². The standard InChI is InChI=1S/C11H19NO7/c1-4-19-11(18)8(14)7(13)9(15)12-6(5(2)3)10(16)17/h5-8,13-14H,4H2,1-3H3,(H,12,15)(H,16,17). The van der Waals surface area contributed by atoms with Crippen molar-refractivity contribution in [3.8, 4) is 0 Å². The summed E-state index contributed by atoms with van der Waals surface area (Å²) in [6.45, 7) is 4.60. The Morgan fingerprint density at radius 2 is 1.68 bits per heavy atom. The number of carbonyl (C=O) groups is 3. The minimum absolute atomic E-state index is 0.0199. The van der Waals surface area contributed by atoms with E-state index in [-0.39, 0.29) is 6.61 Å². The number of hydrogen-bond acceptors (Lipinski definition) is 6. The molecule has 8 heteroatoms. The summed E-state index contributed by atoms with van der Waals surface area (Å²) < 4.78 is 4.43. The highest BCUT2D eigenvalue weighted by atomic mass is 16.5.